The number of halogens is 2. The molecule has 34 heavy (non-hydrogen) atoms. The number of aromatic nitrogens is 1. The van der Waals surface area contributed by atoms with Crippen LogP contribution in [0.25, 0.3) is 10.6 Å². The molecule has 174 valence electrons. The number of carbonyl (C=O) groups is 1. The molecule has 0 atom stereocenters. The standard InChI is InChI=1S/C26H22ClFN2O3S/c1-32-19-9-5-17(6-10-19)13-14-29-25(31)24-16-34-26(30-24)18-7-11-20(12-8-18)33-15-21-22(27)3-2-4-23(21)28/h2-12,16H,13-15H2,1H3,(H,29,31). The number of amides is 1. The maximum atomic E-state index is 13.9. The second kappa shape index (κ2) is 11.1. The van der Waals surface area contributed by atoms with Crippen molar-refractivity contribution in [2.24, 2.45) is 0 Å². The molecule has 0 saturated heterocycles. The molecule has 1 heterocycles. The summed E-state index contributed by atoms with van der Waals surface area (Å²) in [5, 5.41) is 5.70. The van der Waals surface area contributed by atoms with Crippen molar-refractivity contribution in [2.75, 3.05) is 13.7 Å². The molecule has 0 aliphatic heterocycles. The Bertz CT molecular complexity index is 1240. The van der Waals surface area contributed by atoms with E-state index in [1.54, 1.807) is 36.8 Å². The number of nitrogens with zero attached hydrogens (tertiary/aromatic N) is 1. The number of nitrogens with one attached hydrogen (secondary N) is 1. The molecule has 0 saturated carbocycles. The number of rotatable bonds is 9. The highest BCUT2D eigenvalue weighted by molar-refractivity contribution is 7.13. The number of ether oxygens (including phenoxy) is 2. The van der Waals surface area contributed by atoms with Gasteiger partial charge in [0.2, 0.25) is 0 Å². The molecule has 0 aliphatic carbocycles. The van der Waals surface area contributed by atoms with Crippen molar-refractivity contribution in [1.82, 2.24) is 10.3 Å². The monoisotopic (exact) mass is 496 g/mol. The fourth-order valence-corrected chi connectivity index (χ4v) is 4.26. The summed E-state index contributed by atoms with van der Waals surface area (Å²) in [6.07, 6.45) is 0.715. The number of methoxy groups -OCH3 is 1. The van der Waals surface area contributed by atoms with Crippen molar-refractivity contribution in [3.8, 4) is 22.1 Å². The molecule has 3 aromatic carbocycles. The lowest BCUT2D eigenvalue weighted by molar-refractivity contribution is 0.0950. The van der Waals surface area contributed by atoms with E-state index in [9.17, 15) is 9.18 Å². The van der Waals surface area contributed by atoms with Crippen LogP contribution in [0.2, 0.25) is 5.02 Å². The summed E-state index contributed by atoms with van der Waals surface area (Å²) in [5.41, 5.74) is 2.67. The first-order valence-corrected chi connectivity index (χ1v) is 11.8. The lowest BCUT2D eigenvalue weighted by Gasteiger charge is -2.09. The molecule has 0 fully saturated rings. The van der Waals surface area contributed by atoms with Crippen molar-refractivity contribution in [1.29, 1.82) is 0 Å². The van der Waals surface area contributed by atoms with E-state index in [-0.39, 0.29) is 12.5 Å². The van der Waals surface area contributed by atoms with E-state index in [0.29, 0.717) is 35.0 Å². The Balaban J connectivity index is 1.30. The zero-order chi connectivity index (χ0) is 23.9. The SMILES string of the molecule is COc1ccc(CCNC(=O)c2csc(-c3ccc(OCc4c(F)cccc4Cl)cc3)n2)cc1. The molecule has 4 aromatic rings. The van der Waals surface area contributed by atoms with Crippen molar-refractivity contribution >= 4 is 28.8 Å². The van der Waals surface area contributed by atoms with E-state index in [2.05, 4.69) is 10.3 Å². The van der Waals surface area contributed by atoms with Crippen LogP contribution in [0.3, 0.4) is 0 Å². The van der Waals surface area contributed by atoms with Crippen LogP contribution in [-0.2, 0) is 13.0 Å². The van der Waals surface area contributed by atoms with Crippen LogP contribution < -0.4 is 14.8 Å². The van der Waals surface area contributed by atoms with Gasteiger partial charge < -0.3 is 14.8 Å². The summed E-state index contributed by atoms with van der Waals surface area (Å²) >= 11 is 7.43. The Kier molecular flexibility index (Phi) is 7.77. The summed E-state index contributed by atoms with van der Waals surface area (Å²) in [5.74, 6) is 0.771. The topological polar surface area (TPSA) is 60.5 Å². The molecule has 0 radical (unpaired) electrons. The zero-order valence-corrected chi connectivity index (χ0v) is 20.0. The maximum Gasteiger partial charge on any atom is 0.270 e. The largest absolute Gasteiger partial charge is 0.497 e. The van der Waals surface area contributed by atoms with Gasteiger partial charge in [0.05, 0.1) is 12.1 Å². The smallest absolute Gasteiger partial charge is 0.270 e. The van der Waals surface area contributed by atoms with Crippen LogP contribution in [0.5, 0.6) is 11.5 Å². The van der Waals surface area contributed by atoms with E-state index in [1.165, 1.54) is 17.4 Å². The highest BCUT2D eigenvalue weighted by atomic mass is 35.5. The fraction of sp³-hybridized carbons (Fsp3) is 0.154. The summed E-state index contributed by atoms with van der Waals surface area (Å²) in [7, 11) is 1.63. The Morgan fingerprint density at radius 3 is 2.50 bits per heavy atom. The Morgan fingerprint density at radius 1 is 1.06 bits per heavy atom. The Hall–Kier alpha value is -3.42. The molecule has 0 bridgehead atoms. The van der Waals surface area contributed by atoms with Gasteiger partial charge in [-0.05, 0) is 60.5 Å². The lowest BCUT2D eigenvalue weighted by Crippen LogP contribution is -2.25. The first-order chi connectivity index (χ1) is 16.5. The molecular formula is C26H22ClFN2O3S. The van der Waals surface area contributed by atoms with Crippen LogP contribution >= 0.6 is 22.9 Å². The molecule has 0 spiro atoms. The van der Waals surface area contributed by atoms with Crippen molar-refractivity contribution < 1.29 is 18.7 Å². The van der Waals surface area contributed by atoms with Gasteiger partial charge >= 0.3 is 0 Å². The Labute approximate surface area is 206 Å². The quantitative estimate of drug-likeness (QED) is 0.301. The van der Waals surface area contributed by atoms with Gasteiger partial charge in [0.1, 0.15) is 34.6 Å². The summed E-state index contributed by atoms with van der Waals surface area (Å²) in [6.45, 7) is 0.541. The van der Waals surface area contributed by atoms with Gasteiger partial charge in [0.15, 0.2) is 0 Å². The van der Waals surface area contributed by atoms with Gasteiger partial charge in [-0.25, -0.2) is 9.37 Å². The number of hydrogen-bond acceptors (Lipinski definition) is 5. The number of thiazole rings is 1. The second-order valence-electron chi connectivity index (χ2n) is 7.41. The molecule has 8 heteroatoms. The minimum Gasteiger partial charge on any atom is -0.497 e. The van der Waals surface area contributed by atoms with E-state index < -0.39 is 5.82 Å². The number of carbonyl (C=O) groups excluding carboxylic acids is 1. The minimum atomic E-state index is -0.401. The van der Waals surface area contributed by atoms with E-state index in [0.717, 1.165) is 21.9 Å². The van der Waals surface area contributed by atoms with Gasteiger partial charge in [-0.2, -0.15) is 0 Å². The third-order valence-corrected chi connectivity index (χ3v) is 6.39. The van der Waals surface area contributed by atoms with E-state index in [4.69, 9.17) is 21.1 Å². The molecule has 1 N–H and O–H groups in total. The summed E-state index contributed by atoms with van der Waals surface area (Å²) in [6, 6.07) is 19.5. The molecule has 1 amide bonds. The molecule has 0 unspecified atom stereocenters. The number of benzene rings is 3. The highest BCUT2D eigenvalue weighted by Crippen LogP contribution is 2.27. The average molecular weight is 497 g/mol. The normalized spacial score (nSPS) is 10.7. The first-order valence-electron chi connectivity index (χ1n) is 10.6. The average Bonchev–Trinajstić information content (AvgIpc) is 3.35. The third kappa shape index (κ3) is 5.92. The maximum absolute atomic E-state index is 13.9. The lowest BCUT2D eigenvalue weighted by atomic mass is 10.1. The van der Waals surface area contributed by atoms with Gasteiger partial charge in [-0.1, -0.05) is 29.8 Å². The van der Waals surface area contributed by atoms with Gasteiger partial charge in [0.25, 0.3) is 5.91 Å². The van der Waals surface area contributed by atoms with Crippen LogP contribution in [0.15, 0.2) is 72.1 Å². The van der Waals surface area contributed by atoms with E-state index in [1.807, 2.05) is 36.4 Å². The zero-order valence-electron chi connectivity index (χ0n) is 18.4. The van der Waals surface area contributed by atoms with Crippen molar-refractivity contribution in [3.63, 3.8) is 0 Å². The fourth-order valence-electron chi connectivity index (χ4n) is 3.23. The van der Waals surface area contributed by atoms with Crippen LogP contribution in [0, 0.1) is 5.82 Å². The third-order valence-electron chi connectivity index (χ3n) is 5.14. The molecular weight excluding hydrogens is 475 g/mol. The predicted octanol–water partition coefficient (Wildman–Crippen LogP) is 6.16. The van der Waals surface area contributed by atoms with Crippen LogP contribution in [0.1, 0.15) is 21.6 Å². The van der Waals surface area contributed by atoms with Gasteiger partial charge in [-0.15, -0.1) is 11.3 Å². The molecule has 0 aliphatic rings. The first kappa shape index (κ1) is 23.7. The molecule has 1 aromatic heterocycles. The minimum absolute atomic E-state index is 0.0307. The summed E-state index contributed by atoms with van der Waals surface area (Å²) < 4.78 is 24.7. The van der Waals surface area contributed by atoms with Crippen molar-refractivity contribution in [2.45, 2.75) is 13.0 Å². The molecule has 4 rings (SSSR count). The highest BCUT2D eigenvalue weighted by Gasteiger charge is 2.12. The number of hydrogen-bond donors (Lipinski definition) is 1. The molecule has 5 nitrogen and oxygen atoms in total. The second-order valence-corrected chi connectivity index (χ2v) is 8.67. The van der Waals surface area contributed by atoms with Crippen LogP contribution in [-0.4, -0.2) is 24.5 Å². The van der Waals surface area contributed by atoms with Crippen LogP contribution in [0.4, 0.5) is 4.39 Å². The summed E-state index contributed by atoms with van der Waals surface area (Å²) in [4.78, 5) is 16.9. The van der Waals surface area contributed by atoms with Gasteiger partial charge in [-0.3, -0.25) is 4.79 Å². The van der Waals surface area contributed by atoms with E-state index >= 15 is 0 Å². The van der Waals surface area contributed by atoms with Crippen molar-refractivity contribution in [3.05, 3.63) is 99.8 Å². The van der Waals surface area contributed by atoms with Gasteiger partial charge in [0, 0.05) is 23.1 Å². The Morgan fingerprint density at radius 2 is 1.79 bits per heavy atom. The predicted molar refractivity (Wildman–Crippen MR) is 132 cm³/mol.